The highest BCUT2D eigenvalue weighted by molar-refractivity contribution is 6.35. The molecular formula is C21H19ClFNO2. The highest BCUT2D eigenvalue weighted by atomic mass is 35.5. The molecule has 2 aromatic carbocycles. The lowest BCUT2D eigenvalue weighted by molar-refractivity contribution is 0.0667. The summed E-state index contributed by atoms with van der Waals surface area (Å²) in [6.45, 7) is 2.85. The van der Waals surface area contributed by atoms with E-state index in [9.17, 15) is 9.18 Å². The second kappa shape index (κ2) is 6.76. The Balaban J connectivity index is 1.59. The summed E-state index contributed by atoms with van der Waals surface area (Å²) >= 11 is 6.34. The van der Waals surface area contributed by atoms with Gasteiger partial charge in [0.2, 0.25) is 0 Å². The Hall–Kier alpha value is -2.33. The molecule has 2 heterocycles. The van der Waals surface area contributed by atoms with E-state index in [1.807, 2.05) is 49.4 Å². The number of aryl methyl sites for hydroxylation is 1. The minimum absolute atomic E-state index is 0.0395. The minimum Gasteiger partial charge on any atom is -0.460 e. The van der Waals surface area contributed by atoms with E-state index in [0.717, 1.165) is 22.3 Å². The largest absolute Gasteiger partial charge is 0.460 e. The maximum absolute atomic E-state index is 13.3. The molecule has 1 aliphatic heterocycles. The molecule has 0 radical (unpaired) electrons. The van der Waals surface area contributed by atoms with Crippen molar-refractivity contribution in [3.05, 3.63) is 58.8 Å². The van der Waals surface area contributed by atoms with Crippen LogP contribution in [0.25, 0.3) is 22.1 Å². The zero-order chi connectivity index (χ0) is 18.3. The van der Waals surface area contributed by atoms with Gasteiger partial charge in [-0.05, 0) is 61.2 Å². The summed E-state index contributed by atoms with van der Waals surface area (Å²) in [5, 5.41) is 1.53. The standard InChI is InChI=1S/C21H19ClFNO2/c1-13-10-17-11-16(12-19(22)20(17)26-13)14-2-4-15(5-3-14)21(25)24-8-6-18(23)7-9-24/h2-5,10-12,18H,6-9H2,1H3. The number of rotatable bonds is 2. The smallest absolute Gasteiger partial charge is 0.253 e. The second-order valence-corrected chi connectivity index (χ2v) is 7.18. The minimum atomic E-state index is -0.785. The zero-order valence-corrected chi connectivity index (χ0v) is 15.2. The summed E-state index contributed by atoms with van der Waals surface area (Å²) in [5.41, 5.74) is 3.26. The maximum atomic E-state index is 13.3. The number of furan rings is 1. The number of carbonyl (C=O) groups excluding carboxylic acids is 1. The van der Waals surface area contributed by atoms with Gasteiger partial charge in [-0.3, -0.25) is 4.79 Å². The van der Waals surface area contributed by atoms with Gasteiger partial charge in [-0.1, -0.05) is 23.7 Å². The number of hydrogen-bond donors (Lipinski definition) is 0. The summed E-state index contributed by atoms with van der Waals surface area (Å²) in [4.78, 5) is 14.3. The van der Waals surface area contributed by atoms with Gasteiger partial charge < -0.3 is 9.32 Å². The number of amides is 1. The van der Waals surface area contributed by atoms with Crippen LogP contribution in [0.4, 0.5) is 4.39 Å². The third kappa shape index (κ3) is 3.21. The molecular weight excluding hydrogens is 353 g/mol. The molecule has 3 nitrogen and oxygen atoms in total. The predicted molar refractivity (Wildman–Crippen MR) is 101 cm³/mol. The highest BCUT2D eigenvalue weighted by Crippen LogP contribution is 2.33. The van der Waals surface area contributed by atoms with Gasteiger partial charge in [0.1, 0.15) is 11.9 Å². The summed E-state index contributed by atoms with van der Waals surface area (Å²) in [5.74, 6) is 0.777. The van der Waals surface area contributed by atoms with E-state index in [2.05, 4.69) is 0 Å². The number of nitrogens with zero attached hydrogens (tertiary/aromatic N) is 1. The molecule has 0 atom stereocenters. The van der Waals surface area contributed by atoms with Crippen LogP contribution in [0.1, 0.15) is 29.0 Å². The van der Waals surface area contributed by atoms with Gasteiger partial charge >= 0.3 is 0 Å². The lowest BCUT2D eigenvalue weighted by Crippen LogP contribution is -2.39. The molecule has 0 bridgehead atoms. The van der Waals surface area contributed by atoms with Crippen LogP contribution in [0.3, 0.4) is 0 Å². The van der Waals surface area contributed by atoms with Gasteiger partial charge in [-0.25, -0.2) is 4.39 Å². The van der Waals surface area contributed by atoms with Crippen LogP contribution in [0, 0.1) is 6.92 Å². The lowest BCUT2D eigenvalue weighted by Gasteiger charge is -2.28. The fraction of sp³-hybridized carbons (Fsp3) is 0.286. The van der Waals surface area contributed by atoms with Crippen molar-refractivity contribution in [3.63, 3.8) is 0 Å². The van der Waals surface area contributed by atoms with Crippen molar-refractivity contribution in [3.8, 4) is 11.1 Å². The van der Waals surface area contributed by atoms with Gasteiger partial charge in [0, 0.05) is 24.0 Å². The Labute approximate surface area is 156 Å². The molecule has 0 unspecified atom stereocenters. The number of fused-ring (bicyclic) bond motifs is 1. The Bertz CT molecular complexity index is 956. The van der Waals surface area contributed by atoms with Gasteiger partial charge in [-0.2, -0.15) is 0 Å². The third-order valence-corrected chi connectivity index (χ3v) is 5.15. The molecule has 0 spiro atoms. The van der Waals surface area contributed by atoms with E-state index >= 15 is 0 Å². The van der Waals surface area contributed by atoms with E-state index in [-0.39, 0.29) is 5.91 Å². The summed E-state index contributed by atoms with van der Waals surface area (Å²) in [6.07, 6.45) is 0.0616. The number of alkyl halides is 1. The molecule has 5 heteroatoms. The molecule has 0 N–H and O–H groups in total. The van der Waals surface area contributed by atoms with Crippen molar-refractivity contribution < 1.29 is 13.6 Å². The molecule has 26 heavy (non-hydrogen) atoms. The van der Waals surface area contributed by atoms with Crippen LogP contribution in [0.5, 0.6) is 0 Å². The summed E-state index contributed by atoms with van der Waals surface area (Å²) < 4.78 is 18.9. The first-order valence-electron chi connectivity index (χ1n) is 8.75. The molecule has 0 saturated carbocycles. The first kappa shape index (κ1) is 17.1. The topological polar surface area (TPSA) is 33.5 Å². The van der Waals surface area contributed by atoms with Gasteiger partial charge in [0.15, 0.2) is 5.58 Å². The number of piperidine rings is 1. The van der Waals surface area contributed by atoms with Crippen LogP contribution in [0.2, 0.25) is 5.02 Å². The van der Waals surface area contributed by atoms with Gasteiger partial charge in [0.25, 0.3) is 5.91 Å². The molecule has 4 rings (SSSR count). The molecule has 1 aliphatic rings. The van der Waals surface area contributed by atoms with Crippen molar-refractivity contribution in [2.24, 2.45) is 0 Å². The van der Waals surface area contributed by atoms with Crippen molar-refractivity contribution in [2.75, 3.05) is 13.1 Å². The number of halogens is 2. The van der Waals surface area contributed by atoms with Crippen LogP contribution >= 0.6 is 11.6 Å². The number of hydrogen-bond acceptors (Lipinski definition) is 2. The Morgan fingerprint density at radius 1 is 1.12 bits per heavy atom. The Kier molecular flexibility index (Phi) is 4.45. The average Bonchev–Trinajstić information content (AvgIpc) is 3.03. The monoisotopic (exact) mass is 371 g/mol. The maximum Gasteiger partial charge on any atom is 0.253 e. The average molecular weight is 372 g/mol. The fourth-order valence-corrected chi connectivity index (χ4v) is 3.71. The van der Waals surface area contributed by atoms with Gasteiger partial charge in [-0.15, -0.1) is 0 Å². The first-order chi connectivity index (χ1) is 12.5. The van der Waals surface area contributed by atoms with Crippen molar-refractivity contribution >= 4 is 28.5 Å². The number of likely N-dealkylation sites (tertiary alicyclic amines) is 1. The molecule has 1 aromatic heterocycles. The van der Waals surface area contributed by atoms with E-state index in [1.165, 1.54) is 0 Å². The van der Waals surface area contributed by atoms with Crippen LogP contribution < -0.4 is 0 Å². The van der Waals surface area contributed by atoms with E-state index < -0.39 is 6.17 Å². The van der Waals surface area contributed by atoms with E-state index in [0.29, 0.717) is 42.1 Å². The van der Waals surface area contributed by atoms with E-state index in [1.54, 1.807) is 4.90 Å². The molecule has 134 valence electrons. The number of benzene rings is 2. The Morgan fingerprint density at radius 2 is 1.81 bits per heavy atom. The quantitative estimate of drug-likeness (QED) is 0.584. The van der Waals surface area contributed by atoms with Crippen molar-refractivity contribution in [1.29, 1.82) is 0 Å². The Morgan fingerprint density at radius 3 is 2.50 bits per heavy atom. The zero-order valence-electron chi connectivity index (χ0n) is 14.5. The molecule has 1 amide bonds. The van der Waals surface area contributed by atoms with Crippen molar-refractivity contribution in [2.45, 2.75) is 25.9 Å². The predicted octanol–water partition coefficient (Wildman–Crippen LogP) is 5.64. The normalized spacial score (nSPS) is 15.6. The van der Waals surface area contributed by atoms with Crippen LogP contribution in [-0.2, 0) is 0 Å². The lowest BCUT2D eigenvalue weighted by atomic mass is 10.0. The molecule has 1 fully saturated rings. The van der Waals surface area contributed by atoms with Crippen molar-refractivity contribution in [1.82, 2.24) is 4.90 Å². The molecule has 0 aliphatic carbocycles. The summed E-state index contributed by atoms with van der Waals surface area (Å²) in [7, 11) is 0. The van der Waals surface area contributed by atoms with Crippen LogP contribution in [-0.4, -0.2) is 30.1 Å². The third-order valence-electron chi connectivity index (χ3n) is 4.87. The van der Waals surface area contributed by atoms with E-state index in [4.69, 9.17) is 16.0 Å². The van der Waals surface area contributed by atoms with Crippen LogP contribution in [0.15, 0.2) is 46.9 Å². The SMILES string of the molecule is Cc1cc2cc(-c3ccc(C(=O)N4CCC(F)CC4)cc3)cc(Cl)c2o1. The molecule has 1 saturated heterocycles. The summed E-state index contributed by atoms with van der Waals surface area (Å²) in [6, 6.07) is 13.3. The first-order valence-corrected chi connectivity index (χ1v) is 9.12. The molecule has 3 aromatic rings. The number of carbonyl (C=O) groups is 1. The van der Waals surface area contributed by atoms with Gasteiger partial charge in [0.05, 0.1) is 5.02 Å². The second-order valence-electron chi connectivity index (χ2n) is 6.78. The fourth-order valence-electron chi connectivity index (χ4n) is 3.44. The highest BCUT2D eigenvalue weighted by Gasteiger charge is 2.23.